The van der Waals surface area contributed by atoms with Gasteiger partial charge in [0.25, 0.3) is 0 Å². The zero-order valence-corrected chi connectivity index (χ0v) is 7.29. The van der Waals surface area contributed by atoms with E-state index in [1.54, 1.807) is 6.92 Å². The van der Waals surface area contributed by atoms with E-state index in [0.717, 1.165) is 0 Å². The predicted molar refractivity (Wildman–Crippen MR) is 41.7 cm³/mol. The zero-order chi connectivity index (χ0) is 7.44. The van der Waals surface area contributed by atoms with E-state index in [0.29, 0.717) is 0 Å². The quantitative estimate of drug-likeness (QED) is 0.675. The highest BCUT2D eigenvalue weighted by molar-refractivity contribution is 6.30. The first kappa shape index (κ1) is 9.83. The molecule has 1 nitrogen and oxygen atoms in total. The lowest BCUT2D eigenvalue weighted by molar-refractivity contribution is 0.191. The molecule has 0 heterocycles. The number of halogens is 3. The molecule has 56 valence electrons. The van der Waals surface area contributed by atoms with Gasteiger partial charge in [0.2, 0.25) is 0 Å². The van der Waals surface area contributed by atoms with Gasteiger partial charge >= 0.3 is 0 Å². The molecule has 1 N–H and O–H groups in total. The maximum atomic E-state index is 8.95. The summed E-state index contributed by atoms with van der Waals surface area (Å²) in [6, 6.07) is 0. The number of aliphatic hydroxyl groups excluding tert-OH is 1. The van der Waals surface area contributed by atoms with E-state index in [4.69, 9.17) is 39.9 Å². The minimum Gasteiger partial charge on any atom is -0.390 e. The third-order valence-corrected chi connectivity index (χ3v) is 2.35. The van der Waals surface area contributed by atoms with E-state index < -0.39 is 11.5 Å². The smallest absolute Gasteiger partial charge is 0.0853 e. The van der Waals surface area contributed by atoms with Gasteiger partial charge in [-0.3, -0.25) is 0 Å². The summed E-state index contributed by atoms with van der Waals surface area (Å²) >= 11 is 16.4. The van der Waals surface area contributed by atoms with E-state index in [9.17, 15) is 0 Å². The Morgan fingerprint density at radius 2 is 1.89 bits per heavy atom. The largest absolute Gasteiger partial charge is 0.390 e. The predicted octanol–water partition coefficient (Wildman–Crippen LogP) is 1.82. The Morgan fingerprint density at radius 1 is 1.44 bits per heavy atom. The van der Waals surface area contributed by atoms with Crippen molar-refractivity contribution >= 4 is 34.8 Å². The summed E-state index contributed by atoms with van der Waals surface area (Å²) in [5.41, 5.74) is 0. The fourth-order valence-electron chi connectivity index (χ4n) is 0.391. The van der Waals surface area contributed by atoms with Crippen molar-refractivity contribution in [3.8, 4) is 0 Å². The van der Waals surface area contributed by atoms with E-state index in [2.05, 4.69) is 0 Å². The topological polar surface area (TPSA) is 20.2 Å². The van der Waals surface area contributed by atoms with E-state index in [-0.39, 0.29) is 11.3 Å². The minimum atomic E-state index is -0.708. The highest BCUT2D eigenvalue weighted by Crippen LogP contribution is 2.13. The monoisotopic (exact) mass is 190 g/mol. The lowest BCUT2D eigenvalue weighted by atomic mass is 10.2. The van der Waals surface area contributed by atoms with Gasteiger partial charge in [0.1, 0.15) is 0 Å². The minimum absolute atomic E-state index is 0.130. The average molecular weight is 191 g/mol. The molecule has 3 atom stereocenters. The Morgan fingerprint density at radius 3 is 2.00 bits per heavy atom. The van der Waals surface area contributed by atoms with Crippen molar-refractivity contribution in [1.82, 2.24) is 0 Å². The Hall–Kier alpha value is 0.830. The second-order valence-corrected chi connectivity index (χ2v) is 3.34. The Balaban J connectivity index is 3.58. The first-order valence-electron chi connectivity index (χ1n) is 2.61. The van der Waals surface area contributed by atoms with Crippen LogP contribution in [0.15, 0.2) is 0 Å². The van der Waals surface area contributed by atoms with Gasteiger partial charge in [-0.2, -0.15) is 0 Å². The maximum absolute atomic E-state index is 8.95. The molecular formula is C5H9Cl3O. The van der Waals surface area contributed by atoms with Gasteiger partial charge in [-0.05, 0) is 6.92 Å². The van der Waals surface area contributed by atoms with Crippen LogP contribution in [0.2, 0.25) is 0 Å². The zero-order valence-electron chi connectivity index (χ0n) is 5.02. The van der Waals surface area contributed by atoms with Crippen LogP contribution in [0.5, 0.6) is 0 Å². The second-order valence-electron chi connectivity index (χ2n) is 1.84. The first-order valence-corrected chi connectivity index (χ1v) is 4.02. The third kappa shape index (κ3) is 3.51. The molecule has 0 aliphatic carbocycles. The van der Waals surface area contributed by atoms with Gasteiger partial charge in [0.15, 0.2) is 0 Å². The van der Waals surface area contributed by atoms with Gasteiger partial charge in [-0.25, -0.2) is 0 Å². The molecule has 0 radical (unpaired) electrons. The summed E-state index contributed by atoms with van der Waals surface area (Å²) in [6.45, 7) is 1.72. The lowest BCUT2D eigenvalue weighted by Crippen LogP contribution is -2.28. The lowest BCUT2D eigenvalue weighted by Gasteiger charge is -2.15. The Kier molecular flexibility index (Phi) is 5.04. The number of rotatable bonds is 3. The summed E-state index contributed by atoms with van der Waals surface area (Å²) in [4.78, 5) is 0. The van der Waals surface area contributed by atoms with E-state index in [1.807, 2.05) is 0 Å². The molecular weight excluding hydrogens is 182 g/mol. The van der Waals surface area contributed by atoms with Crippen LogP contribution < -0.4 is 0 Å². The molecule has 3 unspecified atom stereocenters. The van der Waals surface area contributed by atoms with Crippen molar-refractivity contribution in [1.29, 1.82) is 0 Å². The molecule has 4 heteroatoms. The molecule has 0 bridgehead atoms. The molecule has 0 aromatic heterocycles. The van der Waals surface area contributed by atoms with Crippen LogP contribution in [0.4, 0.5) is 0 Å². The highest BCUT2D eigenvalue weighted by atomic mass is 35.5. The molecule has 9 heavy (non-hydrogen) atoms. The summed E-state index contributed by atoms with van der Waals surface area (Å²) in [6.07, 6.45) is -0.708. The van der Waals surface area contributed by atoms with Gasteiger partial charge in [-0.15, -0.1) is 34.8 Å². The van der Waals surface area contributed by atoms with Crippen LogP contribution >= 0.6 is 34.8 Å². The van der Waals surface area contributed by atoms with Gasteiger partial charge in [-0.1, -0.05) is 0 Å². The van der Waals surface area contributed by atoms with Crippen LogP contribution in [-0.4, -0.2) is 27.8 Å². The van der Waals surface area contributed by atoms with Crippen LogP contribution in [0, 0.1) is 0 Å². The third-order valence-electron chi connectivity index (χ3n) is 0.964. The van der Waals surface area contributed by atoms with Crippen LogP contribution in [0.3, 0.4) is 0 Å². The van der Waals surface area contributed by atoms with E-state index in [1.165, 1.54) is 0 Å². The van der Waals surface area contributed by atoms with Crippen molar-refractivity contribution in [2.24, 2.45) is 0 Å². The number of hydrogen-bond donors (Lipinski definition) is 1. The molecule has 0 saturated carbocycles. The van der Waals surface area contributed by atoms with Crippen LogP contribution in [-0.2, 0) is 0 Å². The molecule has 0 aromatic carbocycles. The van der Waals surface area contributed by atoms with Crippen molar-refractivity contribution in [3.05, 3.63) is 0 Å². The average Bonchev–Trinajstić information content (AvgIpc) is 1.84. The maximum Gasteiger partial charge on any atom is 0.0853 e. The Bertz CT molecular complexity index is 76.6. The van der Waals surface area contributed by atoms with Crippen molar-refractivity contribution < 1.29 is 5.11 Å². The molecule has 0 amide bonds. The second kappa shape index (κ2) is 4.62. The van der Waals surface area contributed by atoms with Crippen molar-refractivity contribution in [3.63, 3.8) is 0 Å². The highest BCUT2D eigenvalue weighted by Gasteiger charge is 2.19. The molecule has 0 aliphatic rings. The first-order chi connectivity index (χ1) is 4.09. The number of alkyl halides is 3. The number of hydrogen-bond acceptors (Lipinski definition) is 1. The van der Waals surface area contributed by atoms with Crippen molar-refractivity contribution in [2.45, 2.75) is 23.8 Å². The summed E-state index contributed by atoms with van der Waals surface area (Å²) in [7, 11) is 0. The molecule has 0 rings (SSSR count). The van der Waals surface area contributed by atoms with Gasteiger partial charge in [0.05, 0.1) is 11.5 Å². The molecule has 0 spiro atoms. The van der Waals surface area contributed by atoms with Gasteiger partial charge < -0.3 is 5.11 Å². The van der Waals surface area contributed by atoms with Crippen molar-refractivity contribution in [2.75, 3.05) is 5.88 Å². The molecule has 0 fully saturated rings. The SMILES string of the molecule is CC(Cl)C(Cl)C(O)CCl. The standard InChI is InChI=1S/C5H9Cl3O/c1-3(7)5(8)4(9)2-6/h3-5,9H,2H2,1H3. The molecule has 0 aromatic rings. The van der Waals surface area contributed by atoms with E-state index >= 15 is 0 Å². The number of aliphatic hydroxyl groups is 1. The molecule has 0 saturated heterocycles. The van der Waals surface area contributed by atoms with Crippen LogP contribution in [0.1, 0.15) is 6.92 Å². The normalized spacial score (nSPS) is 21.0. The fraction of sp³-hybridized carbons (Fsp3) is 1.00. The van der Waals surface area contributed by atoms with Crippen LogP contribution in [0.25, 0.3) is 0 Å². The molecule has 0 aliphatic heterocycles. The fourth-order valence-corrected chi connectivity index (χ4v) is 0.931. The Labute approximate surface area is 69.9 Å². The summed E-state index contributed by atoms with van der Waals surface area (Å²) < 4.78 is 0. The summed E-state index contributed by atoms with van der Waals surface area (Å²) in [5.74, 6) is 0.130. The van der Waals surface area contributed by atoms with Gasteiger partial charge in [0, 0.05) is 11.3 Å². The summed E-state index contributed by atoms with van der Waals surface area (Å²) in [5, 5.41) is 8.24.